The van der Waals surface area contributed by atoms with Crippen LogP contribution in [0.4, 0.5) is 0 Å². The summed E-state index contributed by atoms with van der Waals surface area (Å²) in [5.41, 5.74) is 4.62. The zero-order chi connectivity index (χ0) is 21.1. The highest BCUT2D eigenvalue weighted by atomic mass is 32.2. The van der Waals surface area contributed by atoms with Crippen molar-refractivity contribution in [2.45, 2.75) is 25.4 Å². The highest BCUT2D eigenvalue weighted by Gasteiger charge is 2.21. The fourth-order valence-corrected chi connectivity index (χ4v) is 4.47. The number of hydrogen-bond acceptors (Lipinski definition) is 5. The predicted molar refractivity (Wildman–Crippen MR) is 117 cm³/mol. The highest BCUT2D eigenvalue weighted by molar-refractivity contribution is 7.99. The number of carbonyl (C=O) groups excluding carboxylic acids is 1. The van der Waals surface area contributed by atoms with E-state index in [1.807, 2.05) is 24.2 Å². The molecule has 8 heteroatoms. The topological polar surface area (TPSA) is 65.2 Å². The number of carbonyl (C=O) groups is 1. The molecule has 0 bridgehead atoms. The van der Waals surface area contributed by atoms with E-state index in [0.717, 1.165) is 22.4 Å². The van der Waals surface area contributed by atoms with Gasteiger partial charge in [0.15, 0.2) is 5.16 Å². The predicted octanol–water partition coefficient (Wildman–Crippen LogP) is 2.76. The molecule has 0 N–H and O–H groups in total. The van der Waals surface area contributed by atoms with Crippen molar-refractivity contribution in [2.75, 3.05) is 32.1 Å². The number of nitrogens with zero attached hydrogens (tertiary/aromatic N) is 5. The first-order valence-corrected chi connectivity index (χ1v) is 11.1. The molecule has 1 saturated heterocycles. The summed E-state index contributed by atoms with van der Waals surface area (Å²) < 4.78 is 9.55. The Morgan fingerprint density at radius 3 is 2.67 bits per heavy atom. The van der Waals surface area contributed by atoms with Crippen LogP contribution in [0.2, 0.25) is 0 Å². The lowest BCUT2D eigenvalue weighted by atomic mass is 10.1. The van der Waals surface area contributed by atoms with E-state index in [2.05, 4.69) is 57.4 Å². The van der Waals surface area contributed by atoms with Crippen molar-refractivity contribution in [3.05, 3.63) is 59.2 Å². The van der Waals surface area contributed by atoms with Crippen molar-refractivity contribution in [1.82, 2.24) is 24.2 Å². The summed E-state index contributed by atoms with van der Waals surface area (Å²) in [6, 6.07) is 10.4. The number of morpholine rings is 1. The molecule has 7 nitrogen and oxygen atoms in total. The molecular weight excluding hydrogens is 398 g/mol. The maximum absolute atomic E-state index is 12.6. The van der Waals surface area contributed by atoms with Gasteiger partial charge in [0.05, 0.1) is 24.7 Å². The van der Waals surface area contributed by atoms with E-state index in [9.17, 15) is 4.79 Å². The molecule has 3 heterocycles. The fraction of sp³-hybridized carbons (Fsp3) is 0.409. The van der Waals surface area contributed by atoms with E-state index in [0.29, 0.717) is 38.5 Å². The first-order valence-electron chi connectivity index (χ1n) is 10.1. The molecule has 3 aromatic rings. The lowest BCUT2D eigenvalue weighted by Crippen LogP contribution is -2.41. The average molecular weight is 426 g/mol. The Balaban J connectivity index is 1.63. The van der Waals surface area contributed by atoms with Gasteiger partial charge >= 0.3 is 0 Å². The maximum Gasteiger partial charge on any atom is 0.233 e. The third-order valence-corrected chi connectivity index (χ3v) is 6.51. The van der Waals surface area contributed by atoms with E-state index in [1.54, 1.807) is 0 Å². The third kappa shape index (κ3) is 4.29. The van der Waals surface area contributed by atoms with Crippen LogP contribution in [0.5, 0.6) is 0 Å². The standard InChI is InChI=1S/C22H27N5O2S/c1-16-6-4-8-19(17(16)2)27-20(14-18-7-5-9-25(18)3)23-24-22(27)30-15-21(28)26-10-12-29-13-11-26/h4-9H,10-15H2,1-3H3. The maximum atomic E-state index is 12.6. The summed E-state index contributed by atoms with van der Waals surface area (Å²) in [6.07, 6.45) is 2.70. The average Bonchev–Trinajstić information content (AvgIpc) is 3.35. The molecular formula is C22H27N5O2S. The van der Waals surface area contributed by atoms with Gasteiger partial charge in [-0.3, -0.25) is 9.36 Å². The zero-order valence-corrected chi connectivity index (χ0v) is 18.5. The largest absolute Gasteiger partial charge is 0.378 e. The third-order valence-electron chi connectivity index (χ3n) is 5.60. The van der Waals surface area contributed by atoms with Gasteiger partial charge in [0.25, 0.3) is 0 Å². The van der Waals surface area contributed by atoms with E-state index in [1.165, 1.54) is 22.9 Å². The highest BCUT2D eigenvalue weighted by Crippen LogP contribution is 2.27. The molecule has 1 aliphatic heterocycles. The second kappa shape index (κ2) is 9.06. The molecule has 1 aliphatic rings. The van der Waals surface area contributed by atoms with Gasteiger partial charge in [0, 0.05) is 38.4 Å². The molecule has 30 heavy (non-hydrogen) atoms. The molecule has 0 aliphatic carbocycles. The van der Waals surface area contributed by atoms with Gasteiger partial charge in [-0.25, -0.2) is 0 Å². The lowest BCUT2D eigenvalue weighted by molar-refractivity contribution is -0.132. The van der Waals surface area contributed by atoms with Crippen molar-refractivity contribution in [3.63, 3.8) is 0 Å². The number of aromatic nitrogens is 4. The van der Waals surface area contributed by atoms with Crippen molar-refractivity contribution in [2.24, 2.45) is 7.05 Å². The first kappa shape index (κ1) is 20.7. The van der Waals surface area contributed by atoms with E-state index < -0.39 is 0 Å². The lowest BCUT2D eigenvalue weighted by Gasteiger charge is -2.26. The Kier molecular flexibility index (Phi) is 6.24. The van der Waals surface area contributed by atoms with E-state index >= 15 is 0 Å². The zero-order valence-electron chi connectivity index (χ0n) is 17.7. The summed E-state index contributed by atoms with van der Waals surface area (Å²) in [4.78, 5) is 14.5. The van der Waals surface area contributed by atoms with Crippen LogP contribution in [-0.4, -0.2) is 62.2 Å². The Hall–Kier alpha value is -2.58. The summed E-state index contributed by atoms with van der Waals surface area (Å²) in [7, 11) is 2.03. The molecule has 0 atom stereocenters. The Morgan fingerprint density at radius 1 is 1.13 bits per heavy atom. The summed E-state index contributed by atoms with van der Waals surface area (Å²) in [5, 5.41) is 9.71. The van der Waals surface area contributed by atoms with Gasteiger partial charge in [-0.2, -0.15) is 0 Å². The molecule has 1 aromatic carbocycles. The minimum Gasteiger partial charge on any atom is -0.378 e. The van der Waals surface area contributed by atoms with E-state index in [-0.39, 0.29) is 5.91 Å². The summed E-state index contributed by atoms with van der Waals surface area (Å²) in [6.45, 7) is 6.74. The molecule has 0 saturated carbocycles. The van der Waals surface area contributed by atoms with Crippen LogP contribution in [0.1, 0.15) is 22.6 Å². The van der Waals surface area contributed by atoms with Crippen LogP contribution in [0.15, 0.2) is 41.7 Å². The van der Waals surface area contributed by atoms with Gasteiger partial charge in [0.1, 0.15) is 5.82 Å². The van der Waals surface area contributed by atoms with Gasteiger partial charge < -0.3 is 14.2 Å². The molecule has 2 aromatic heterocycles. The quantitative estimate of drug-likeness (QED) is 0.568. The van der Waals surface area contributed by atoms with Gasteiger partial charge in [-0.15, -0.1) is 10.2 Å². The second-order valence-corrected chi connectivity index (χ2v) is 8.46. The molecule has 1 amide bonds. The van der Waals surface area contributed by atoms with Crippen molar-refractivity contribution in [1.29, 1.82) is 0 Å². The smallest absolute Gasteiger partial charge is 0.233 e. The number of ether oxygens (including phenoxy) is 1. The van der Waals surface area contributed by atoms with Gasteiger partial charge in [0.2, 0.25) is 5.91 Å². The molecule has 0 spiro atoms. The summed E-state index contributed by atoms with van der Waals surface area (Å²) in [5.74, 6) is 1.32. The number of thioether (sulfide) groups is 1. The minimum atomic E-state index is 0.114. The molecule has 0 radical (unpaired) electrons. The van der Waals surface area contributed by atoms with Gasteiger partial charge in [-0.1, -0.05) is 23.9 Å². The number of rotatable bonds is 6. The second-order valence-electron chi connectivity index (χ2n) is 7.52. The van der Waals surface area contributed by atoms with Crippen LogP contribution < -0.4 is 0 Å². The first-order chi connectivity index (χ1) is 14.5. The SMILES string of the molecule is Cc1cccc(-n2c(Cc3cccn3C)nnc2SCC(=O)N2CCOCC2)c1C. The van der Waals surface area contributed by atoms with Crippen LogP contribution in [0.3, 0.4) is 0 Å². The Labute approximate surface area is 181 Å². The van der Waals surface area contributed by atoms with Crippen molar-refractivity contribution >= 4 is 17.7 Å². The van der Waals surface area contributed by atoms with E-state index in [4.69, 9.17) is 4.74 Å². The Bertz CT molecular complexity index is 1040. The number of aryl methyl sites for hydroxylation is 2. The van der Waals surface area contributed by atoms with Crippen LogP contribution in [0, 0.1) is 13.8 Å². The fourth-order valence-electron chi connectivity index (χ4n) is 3.60. The molecule has 4 rings (SSSR count). The molecule has 1 fully saturated rings. The normalized spacial score (nSPS) is 14.3. The number of hydrogen-bond donors (Lipinski definition) is 0. The summed E-state index contributed by atoms with van der Waals surface area (Å²) >= 11 is 1.45. The van der Waals surface area contributed by atoms with Crippen molar-refractivity contribution < 1.29 is 9.53 Å². The van der Waals surface area contributed by atoms with Crippen LogP contribution in [-0.2, 0) is 23.0 Å². The van der Waals surface area contributed by atoms with Crippen LogP contribution >= 0.6 is 11.8 Å². The van der Waals surface area contributed by atoms with Crippen molar-refractivity contribution in [3.8, 4) is 5.69 Å². The number of amides is 1. The molecule has 0 unspecified atom stereocenters. The molecule has 158 valence electrons. The van der Waals surface area contributed by atoms with Crippen LogP contribution in [0.25, 0.3) is 5.69 Å². The Morgan fingerprint density at radius 2 is 1.93 bits per heavy atom. The minimum absolute atomic E-state index is 0.114. The number of benzene rings is 1. The monoisotopic (exact) mass is 425 g/mol. The van der Waals surface area contributed by atoms with Gasteiger partial charge in [-0.05, 0) is 43.2 Å².